The van der Waals surface area contributed by atoms with E-state index in [0.717, 1.165) is 31.4 Å². The van der Waals surface area contributed by atoms with Crippen LogP contribution >= 0.6 is 0 Å². The summed E-state index contributed by atoms with van der Waals surface area (Å²) >= 11 is 0. The van der Waals surface area contributed by atoms with Crippen LogP contribution in [0.1, 0.15) is 24.0 Å². The molecular weight excluding hydrogens is 231 g/mol. The van der Waals surface area contributed by atoms with E-state index >= 15 is 0 Å². The summed E-state index contributed by atoms with van der Waals surface area (Å²) in [5.74, 6) is -0.0641. The zero-order chi connectivity index (χ0) is 12.5. The molecule has 1 aromatic rings. The molecule has 2 aliphatic heterocycles. The third kappa shape index (κ3) is 2.01. The highest BCUT2D eigenvalue weighted by Gasteiger charge is 2.29. The summed E-state index contributed by atoms with van der Waals surface area (Å²) in [6, 6.07) is 5.11. The molecule has 0 aromatic heterocycles. The zero-order valence-electron chi connectivity index (χ0n) is 10.3. The van der Waals surface area contributed by atoms with Gasteiger partial charge in [-0.3, -0.25) is 4.79 Å². The van der Waals surface area contributed by atoms with Gasteiger partial charge >= 0.3 is 0 Å². The molecule has 4 heteroatoms. The second kappa shape index (κ2) is 4.69. The maximum absolute atomic E-state index is 13.7. The number of nitrogens with zero attached hydrogens (tertiary/aromatic N) is 1. The molecule has 96 valence electrons. The van der Waals surface area contributed by atoms with Crippen LogP contribution < -0.4 is 5.32 Å². The summed E-state index contributed by atoms with van der Waals surface area (Å²) in [6.07, 6.45) is 2.71. The summed E-state index contributed by atoms with van der Waals surface area (Å²) < 4.78 is 13.7. The fraction of sp³-hybridized carbons (Fsp3) is 0.500. The quantitative estimate of drug-likeness (QED) is 0.816. The van der Waals surface area contributed by atoms with Gasteiger partial charge in [0.25, 0.3) is 0 Å². The van der Waals surface area contributed by atoms with Gasteiger partial charge in [-0.2, -0.15) is 0 Å². The van der Waals surface area contributed by atoms with E-state index in [-0.39, 0.29) is 17.8 Å². The Morgan fingerprint density at radius 3 is 3.11 bits per heavy atom. The average molecular weight is 248 g/mol. The maximum Gasteiger partial charge on any atom is 0.240 e. The van der Waals surface area contributed by atoms with Crippen molar-refractivity contribution in [1.82, 2.24) is 10.2 Å². The fourth-order valence-corrected chi connectivity index (χ4v) is 2.84. The topological polar surface area (TPSA) is 32.3 Å². The van der Waals surface area contributed by atoms with Crippen molar-refractivity contribution in [1.29, 1.82) is 0 Å². The number of rotatable bonds is 1. The van der Waals surface area contributed by atoms with Crippen LogP contribution in [0.25, 0.3) is 0 Å². The minimum Gasteiger partial charge on any atom is -0.337 e. The molecular formula is C14H17FN2O. The van der Waals surface area contributed by atoms with Crippen LogP contribution in [-0.2, 0) is 17.8 Å². The van der Waals surface area contributed by atoms with Crippen LogP contribution in [0.2, 0.25) is 0 Å². The van der Waals surface area contributed by atoms with Gasteiger partial charge in [-0.15, -0.1) is 0 Å². The number of benzene rings is 1. The van der Waals surface area contributed by atoms with Crippen LogP contribution in [0.5, 0.6) is 0 Å². The highest BCUT2D eigenvalue weighted by molar-refractivity contribution is 5.82. The number of fused-ring (bicyclic) bond motifs is 1. The summed E-state index contributed by atoms with van der Waals surface area (Å²) in [6.45, 7) is 2.03. The van der Waals surface area contributed by atoms with Crippen molar-refractivity contribution in [3.8, 4) is 0 Å². The van der Waals surface area contributed by atoms with Gasteiger partial charge in [0.05, 0.1) is 6.04 Å². The van der Waals surface area contributed by atoms with E-state index in [2.05, 4.69) is 5.32 Å². The Bertz CT molecular complexity index is 469. The molecule has 3 nitrogen and oxygen atoms in total. The van der Waals surface area contributed by atoms with E-state index in [4.69, 9.17) is 0 Å². The highest BCUT2D eigenvalue weighted by Crippen LogP contribution is 2.23. The van der Waals surface area contributed by atoms with E-state index in [1.165, 1.54) is 6.07 Å². The lowest BCUT2D eigenvalue weighted by Crippen LogP contribution is -2.45. The molecule has 0 bridgehead atoms. The Kier molecular flexibility index (Phi) is 3.04. The predicted molar refractivity (Wildman–Crippen MR) is 66.5 cm³/mol. The molecule has 1 N–H and O–H groups in total. The first-order valence-electron chi connectivity index (χ1n) is 6.54. The Hall–Kier alpha value is -1.42. The van der Waals surface area contributed by atoms with Crippen molar-refractivity contribution >= 4 is 5.91 Å². The van der Waals surface area contributed by atoms with E-state index in [9.17, 15) is 9.18 Å². The molecule has 1 atom stereocenters. The van der Waals surface area contributed by atoms with Gasteiger partial charge in [-0.25, -0.2) is 4.39 Å². The number of hydrogen-bond donors (Lipinski definition) is 1. The number of carbonyl (C=O) groups excluding carboxylic acids is 1. The van der Waals surface area contributed by atoms with Crippen molar-refractivity contribution < 1.29 is 9.18 Å². The lowest BCUT2D eigenvalue weighted by molar-refractivity contribution is -0.134. The first-order chi connectivity index (χ1) is 8.75. The molecule has 1 amide bonds. The van der Waals surface area contributed by atoms with Crippen LogP contribution in [0.3, 0.4) is 0 Å². The number of hydrogen-bond acceptors (Lipinski definition) is 2. The third-order valence-electron chi connectivity index (χ3n) is 3.89. The van der Waals surface area contributed by atoms with Crippen LogP contribution in [0.15, 0.2) is 18.2 Å². The molecule has 2 heterocycles. The Morgan fingerprint density at radius 2 is 2.33 bits per heavy atom. The van der Waals surface area contributed by atoms with E-state index in [0.29, 0.717) is 18.7 Å². The standard InChI is InChI=1S/C14H17FN2O/c15-12-4-1-3-10-6-8-17(9-11(10)12)14(18)13-5-2-7-16-13/h1,3-4,13,16H,2,5-9H2/t13-/m0/s1. The minimum absolute atomic E-state index is 0.0571. The van der Waals surface area contributed by atoms with Crippen LogP contribution in [0.4, 0.5) is 4.39 Å². The average Bonchev–Trinajstić information content (AvgIpc) is 2.92. The van der Waals surface area contributed by atoms with E-state index in [1.807, 2.05) is 6.07 Å². The molecule has 18 heavy (non-hydrogen) atoms. The monoisotopic (exact) mass is 248 g/mol. The van der Waals surface area contributed by atoms with E-state index < -0.39 is 0 Å². The number of nitrogens with one attached hydrogen (secondary N) is 1. The van der Waals surface area contributed by atoms with Crippen LogP contribution in [-0.4, -0.2) is 29.9 Å². The molecule has 0 saturated carbocycles. The molecule has 0 unspecified atom stereocenters. The van der Waals surface area contributed by atoms with Gasteiger partial charge in [0.15, 0.2) is 0 Å². The minimum atomic E-state index is -0.190. The van der Waals surface area contributed by atoms with Gasteiger partial charge in [-0.05, 0) is 37.4 Å². The van der Waals surface area contributed by atoms with Crippen molar-refractivity contribution in [2.24, 2.45) is 0 Å². The highest BCUT2D eigenvalue weighted by atomic mass is 19.1. The molecule has 1 aromatic carbocycles. The summed E-state index contributed by atoms with van der Waals surface area (Å²) in [5.41, 5.74) is 1.73. The summed E-state index contributed by atoms with van der Waals surface area (Å²) in [4.78, 5) is 14.0. The van der Waals surface area contributed by atoms with Crippen molar-refractivity contribution in [3.63, 3.8) is 0 Å². The first kappa shape index (κ1) is 11.7. The molecule has 2 aliphatic rings. The summed E-state index contributed by atoms with van der Waals surface area (Å²) in [5, 5.41) is 3.21. The molecule has 0 spiro atoms. The second-order valence-electron chi connectivity index (χ2n) is 5.04. The molecule has 1 saturated heterocycles. The number of halogens is 1. The molecule has 1 fully saturated rings. The first-order valence-corrected chi connectivity index (χ1v) is 6.54. The van der Waals surface area contributed by atoms with Gasteiger partial charge < -0.3 is 10.2 Å². The van der Waals surface area contributed by atoms with Gasteiger partial charge in [0.2, 0.25) is 5.91 Å². The van der Waals surface area contributed by atoms with Gasteiger partial charge in [-0.1, -0.05) is 12.1 Å². The van der Waals surface area contributed by atoms with Gasteiger partial charge in [0.1, 0.15) is 5.82 Å². The maximum atomic E-state index is 13.7. The number of carbonyl (C=O) groups is 1. The van der Waals surface area contributed by atoms with E-state index in [1.54, 1.807) is 11.0 Å². The van der Waals surface area contributed by atoms with Crippen molar-refractivity contribution in [3.05, 3.63) is 35.1 Å². The molecule has 3 rings (SSSR count). The summed E-state index contributed by atoms with van der Waals surface area (Å²) in [7, 11) is 0. The fourth-order valence-electron chi connectivity index (χ4n) is 2.84. The largest absolute Gasteiger partial charge is 0.337 e. The normalized spacial score (nSPS) is 22.9. The Balaban J connectivity index is 1.78. The van der Waals surface area contributed by atoms with Crippen LogP contribution in [0, 0.1) is 5.82 Å². The lowest BCUT2D eigenvalue weighted by atomic mass is 9.98. The predicted octanol–water partition coefficient (Wildman–Crippen LogP) is 1.46. The third-order valence-corrected chi connectivity index (χ3v) is 3.89. The van der Waals surface area contributed by atoms with Crippen molar-refractivity contribution in [2.45, 2.75) is 31.8 Å². The van der Waals surface area contributed by atoms with Gasteiger partial charge in [0, 0.05) is 18.7 Å². The molecule has 0 aliphatic carbocycles. The van der Waals surface area contributed by atoms with Crippen molar-refractivity contribution in [2.75, 3.05) is 13.1 Å². The SMILES string of the molecule is O=C([C@@H]1CCCN1)N1CCc2cccc(F)c2C1. The Labute approximate surface area is 106 Å². The smallest absolute Gasteiger partial charge is 0.240 e. The molecule has 0 radical (unpaired) electrons. The zero-order valence-corrected chi connectivity index (χ0v) is 10.3. The second-order valence-corrected chi connectivity index (χ2v) is 5.04. The lowest BCUT2D eigenvalue weighted by Gasteiger charge is -2.31. The number of amides is 1. The Morgan fingerprint density at radius 1 is 1.44 bits per heavy atom.